The smallest absolute Gasteiger partial charge is 0.289 e. The first-order valence-corrected chi connectivity index (χ1v) is 11.6. The number of carbonyl (C=O) groups excluding carboxylic acids is 4. The first kappa shape index (κ1) is 27.3. The number of hydrogen-bond donors (Lipinski definition) is 3. The van der Waals surface area contributed by atoms with Gasteiger partial charge in [0.15, 0.2) is 0 Å². The molecule has 3 aliphatic rings. The van der Waals surface area contributed by atoms with Crippen molar-refractivity contribution in [2.24, 2.45) is 34.3 Å². The second-order valence-electron chi connectivity index (χ2n) is 11.3. The third kappa shape index (κ3) is 5.60. The van der Waals surface area contributed by atoms with Gasteiger partial charge in [0.2, 0.25) is 17.6 Å². The van der Waals surface area contributed by atoms with Crippen LogP contribution in [0.1, 0.15) is 53.9 Å². The summed E-state index contributed by atoms with van der Waals surface area (Å²) in [5, 5.41) is 5.33. The standard InChI is InChI=1S/C24H38N4O4.ClH/c1-7-10-26-21(31)18(29)15(11-13-8-9-13)27-20(30)17-16-14(24(16,5)6)12-28(17)22(32)19(25)23(2,3)4;/h7,13-17,19H,1,8-12,25H2,2-6H3,(H,26,31)(H,27,30);1H/t14-,15?,16-,17-,19+;/m0./s1. The van der Waals surface area contributed by atoms with Crippen LogP contribution in [0.4, 0.5) is 0 Å². The van der Waals surface area contributed by atoms with E-state index in [0.717, 1.165) is 12.8 Å². The number of amides is 3. The average Bonchev–Trinajstić information content (AvgIpc) is 3.56. The predicted molar refractivity (Wildman–Crippen MR) is 128 cm³/mol. The van der Waals surface area contributed by atoms with E-state index in [2.05, 4.69) is 31.1 Å². The van der Waals surface area contributed by atoms with Crippen LogP contribution >= 0.6 is 12.4 Å². The average molecular weight is 483 g/mol. The molecule has 4 N–H and O–H groups in total. The lowest BCUT2D eigenvalue weighted by molar-refractivity contribution is -0.145. The first-order valence-electron chi connectivity index (χ1n) is 11.6. The fourth-order valence-corrected chi connectivity index (χ4v) is 4.95. The van der Waals surface area contributed by atoms with Gasteiger partial charge in [0, 0.05) is 13.1 Å². The summed E-state index contributed by atoms with van der Waals surface area (Å²) in [6.07, 6.45) is 3.90. The van der Waals surface area contributed by atoms with Gasteiger partial charge in [0.25, 0.3) is 5.91 Å². The Morgan fingerprint density at radius 1 is 1.21 bits per heavy atom. The Labute approximate surface area is 202 Å². The zero-order chi connectivity index (χ0) is 24.0. The van der Waals surface area contributed by atoms with Gasteiger partial charge in [-0.1, -0.05) is 53.5 Å². The number of carbonyl (C=O) groups is 4. The first-order chi connectivity index (χ1) is 14.8. The zero-order valence-electron chi connectivity index (χ0n) is 20.3. The van der Waals surface area contributed by atoms with E-state index in [-0.39, 0.29) is 48.0 Å². The number of nitrogens with one attached hydrogen (secondary N) is 2. The molecular formula is C24H39ClN4O4. The number of hydrogen-bond acceptors (Lipinski definition) is 5. The summed E-state index contributed by atoms with van der Waals surface area (Å²) >= 11 is 0. The summed E-state index contributed by atoms with van der Waals surface area (Å²) in [5.74, 6) is -1.41. The molecule has 9 heteroatoms. The maximum atomic E-state index is 13.5. The van der Waals surface area contributed by atoms with Gasteiger partial charge in [0.05, 0.1) is 12.1 Å². The Kier molecular flexibility index (Phi) is 8.06. The lowest BCUT2D eigenvalue weighted by atomic mass is 9.86. The molecule has 186 valence electrons. The number of Topliss-reactive ketones (excluding diaryl/α,β-unsaturated/α-hetero) is 1. The van der Waals surface area contributed by atoms with E-state index in [1.54, 1.807) is 4.90 Å². The van der Waals surface area contributed by atoms with Crippen LogP contribution in [0.3, 0.4) is 0 Å². The molecule has 1 heterocycles. The molecule has 3 amide bonds. The van der Waals surface area contributed by atoms with Crippen LogP contribution in [0.5, 0.6) is 0 Å². The van der Waals surface area contributed by atoms with E-state index >= 15 is 0 Å². The van der Waals surface area contributed by atoms with Crippen molar-refractivity contribution in [3.63, 3.8) is 0 Å². The highest BCUT2D eigenvalue weighted by Crippen LogP contribution is 2.65. The van der Waals surface area contributed by atoms with Crippen LogP contribution < -0.4 is 16.4 Å². The monoisotopic (exact) mass is 482 g/mol. The van der Waals surface area contributed by atoms with Crippen molar-refractivity contribution in [3.8, 4) is 0 Å². The highest BCUT2D eigenvalue weighted by atomic mass is 35.5. The number of piperidine rings is 1. The Morgan fingerprint density at radius 3 is 2.33 bits per heavy atom. The highest BCUT2D eigenvalue weighted by Gasteiger charge is 2.69. The Morgan fingerprint density at radius 2 is 1.82 bits per heavy atom. The van der Waals surface area contributed by atoms with Gasteiger partial charge in [-0.05, 0) is 35.0 Å². The van der Waals surface area contributed by atoms with Gasteiger partial charge in [-0.3, -0.25) is 19.2 Å². The Hall–Kier alpha value is -1.93. The molecule has 3 rings (SSSR count). The van der Waals surface area contributed by atoms with Crippen LogP contribution in [0, 0.1) is 28.6 Å². The number of likely N-dealkylation sites (tertiary alicyclic amines) is 1. The van der Waals surface area contributed by atoms with E-state index in [9.17, 15) is 19.2 Å². The molecule has 5 atom stereocenters. The van der Waals surface area contributed by atoms with E-state index in [1.165, 1.54) is 6.08 Å². The molecule has 1 unspecified atom stereocenters. The number of ketones is 1. The summed E-state index contributed by atoms with van der Waals surface area (Å²) in [4.78, 5) is 53.3. The SMILES string of the molecule is C=CCNC(=O)C(=O)C(CC1CC1)NC(=O)[C@@H]1[C@@H]2[C@H](CN1C(=O)[C@@H](N)C(C)(C)C)C2(C)C.Cl. The van der Waals surface area contributed by atoms with Gasteiger partial charge >= 0.3 is 0 Å². The summed E-state index contributed by atoms with van der Waals surface area (Å²) in [6, 6.07) is -2.30. The Bertz CT molecular complexity index is 818. The molecule has 2 saturated carbocycles. The predicted octanol–water partition coefficient (Wildman–Crippen LogP) is 1.42. The minimum absolute atomic E-state index is 0. The number of halogens is 1. The summed E-state index contributed by atoms with van der Waals surface area (Å²) < 4.78 is 0. The molecule has 2 aliphatic carbocycles. The quantitative estimate of drug-likeness (QED) is 0.339. The van der Waals surface area contributed by atoms with Gasteiger partial charge in [-0.2, -0.15) is 0 Å². The number of nitrogens with two attached hydrogens (primary N) is 1. The van der Waals surface area contributed by atoms with Gasteiger partial charge in [-0.25, -0.2) is 0 Å². The largest absolute Gasteiger partial charge is 0.346 e. The molecule has 8 nitrogen and oxygen atoms in total. The van der Waals surface area contributed by atoms with E-state index in [0.29, 0.717) is 18.9 Å². The van der Waals surface area contributed by atoms with Crippen molar-refractivity contribution in [1.29, 1.82) is 0 Å². The van der Waals surface area contributed by atoms with E-state index in [1.807, 2.05) is 20.8 Å². The minimum Gasteiger partial charge on any atom is -0.346 e. The second-order valence-corrected chi connectivity index (χ2v) is 11.3. The van der Waals surface area contributed by atoms with Crippen LogP contribution in [0.15, 0.2) is 12.7 Å². The third-order valence-corrected chi connectivity index (χ3v) is 7.49. The maximum absolute atomic E-state index is 13.5. The van der Waals surface area contributed by atoms with Crippen LogP contribution in [-0.4, -0.2) is 59.6 Å². The van der Waals surface area contributed by atoms with Crippen LogP contribution in [-0.2, 0) is 19.2 Å². The molecule has 33 heavy (non-hydrogen) atoms. The number of nitrogens with zero attached hydrogens (tertiary/aromatic N) is 1. The molecule has 0 aromatic heterocycles. The lowest BCUT2D eigenvalue weighted by Crippen LogP contribution is -2.59. The van der Waals surface area contributed by atoms with Gasteiger partial charge in [0.1, 0.15) is 6.04 Å². The molecular weight excluding hydrogens is 444 g/mol. The normalized spacial score (nSPS) is 26.8. The van der Waals surface area contributed by atoms with Crippen LogP contribution in [0.25, 0.3) is 0 Å². The van der Waals surface area contributed by atoms with Crippen molar-refractivity contribution in [3.05, 3.63) is 12.7 Å². The molecule has 3 fully saturated rings. The van der Waals surface area contributed by atoms with Crippen LogP contribution in [0.2, 0.25) is 0 Å². The van der Waals surface area contributed by atoms with Gasteiger partial charge < -0.3 is 21.3 Å². The van der Waals surface area contributed by atoms with Crippen molar-refractivity contribution in [1.82, 2.24) is 15.5 Å². The molecule has 1 aliphatic heterocycles. The Balaban J connectivity index is 0.00000385. The summed E-state index contributed by atoms with van der Waals surface area (Å²) in [5.41, 5.74) is 5.75. The van der Waals surface area contributed by atoms with Crippen molar-refractivity contribution >= 4 is 35.9 Å². The molecule has 0 bridgehead atoms. The lowest BCUT2D eigenvalue weighted by Gasteiger charge is -2.36. The molecule has 1 saturated heterocycles. The second kappa shape index (κ2) is 9.74. The summed E-state index contributed by atoms with van der Waals surface area (Å²) in [6.45, 7) is 14.1. The number of fused-ring (bicyclic) bond motifs is 1. The van der Waals surface area contributed by atoms with E-state index in [4.69, 9.17) is 5.73 Å². The third-order valence-electron chi connectivity index (χ3n) is 7.49. The van der Waals surface area contributed by atoms with Crippen molar-refractivity contribution < 1.29 is 19.2 Å². The van der Waals surface area contributed by atoms with Crippen molar-refractivity contribution in [2.45, 2.75) is 72.0 Å². The minimum atomic E-state index is -0.894. The van der Waals surface area contributed by atoms with Crippen molar-refractivity contribution in [2.75, 3.05) is 13.1 Å². The highest BCUT2D eigenvalue weighted by molar-refractivity contribution is 6.38. The molecule has 0 spiro atoms. The summed E-state index contributed by atoms with van der Waals surface area (Å²) in [7, 11) is 0. The zero-order valence-corrected chi connectivity index (χ0v) is 21.2. The number of rotatable bonds is 9. The molecule has 0 radical (unpaired) electrons. The fourth-order valence-electron chi connectivity index (χ4n) is 4.95. The maximum Gasteiger partial charge on any atom is 0.289 e. The fraction of sp³-hybridized carbons (Fsp3) is 0.750. The van der Waals surface area contributed by atoms with E-state index < -0.39 is 35.2 Å². The topological polar surface area (TPSA) is 122 Å². The molecule has 0 aromatic carbocycles. The molecule has 0 aromatic rings. The van der Waals surface area contributed by atoms with Gasteiger partial charge in [-0.15, -0.1) is 19.0 Å².